The first-order valence-corrected chi connectivity index (χ1v) is 12.4. The van der Waals surface area contributed by atoms with Gasteiger partial charge in [0.25, 0.3) is 5.91 Å². The van der Waals surface area contributed by atoms with Crippen LogP contribution in [0.25, 0.3) is 0 Å². The third-order valence-electron chi connectivity index (χ3n) is 6.84. The Kier molecular flexibility index (Phi) is 6.44. The van der Waals surface area contributed by atoms with Crippen molar-refractivity contribution in [3.8, 4) is 11.5 Å². The second-order valence-corrected chi connectivity index (χ2v) is 10.5. The molecule has 32 heavy (non-hydrogen) atoms. The molecule has 8 heteroatoms. The number of ether oxygens (including phenoxy) is 2. The van der Waals surface area contributed by atoms with Crippen molar-refractivity contribution in [3.63, 3.8) is 0 Å². The molecule has 2 saturated carbocycles. The van der Waals surface area contributed by atoms with E-state index in [-0.39, 0.29) is 16.8 Å². The Balaban J connectivity index is 1.40. The largest absolute Gasteiger partial charge is 0.493 e. The van der Waals surface area contributed by atoms with Crippen LogP contribution in [0.4, 0.5) is 5.69 Å². The predicted molar refractivity (Wildman–Crippen MR) is 123 cm³/mol. The van der Waals surface area contributed by atoms with E-state index in [1.165, 1.54) is 45.6 Å². The number of methoxy groups -OCH3 is 2. The Morgan fingerprint density at radius 3 is 2.31 bits per heavy atom. The maximum absolute atomic E-state index is 12.9. The van der Waals surface area contributed by atoms with E-state index in [1.807, 2.05) is 6.92 Å². The number of hydrogen-bond acceptors (Lipinski definition) is 5. The number of benzene rings is 2. The molecule has 0 spiro atoms. The number of rotatable bonds is 8. The normalized spacial score (nSPS) is 23.0. The number of hydrogen-bond donors (Lipinski definition) is 2. The van der Waals surface area contributed by atoms with Crippen LogP contribution in [0.1, 0.15) is 43.0 Å². The van der Waals surface area contributed by atoms with Gasteiger partial charge in [-0.05, 0) is 86.4 Å². The van der Waals surface area contributed by atoms with Crippen LogP contribution in [-0.4, -0.2) is 34.6 Å². The molecule has 0 aliphatic heterocycles. The van der Waals surface area contributed by atoms with Crippen LogP contribution in [0.2, 0.25) is 0 Å². The molecule has 0 unspecified atom stereocenters. The maximum atomic E-state index is 12.9. The van der Waals surface area contributed by atoms with E-state index in [4.69, 9.17) is 9.47 Å². The van der Waals surface area contributed by atoms with Gasteiger partial charge < -0.3 is 14.8 Å². The third kappa shape index (κ3) is 4.61. The minimum Gasteiger partial charge on any atom is -0.493 e. The van der Waals surface area contributed by atoms with E-state index in [2.05, 4.69) is 10.0 Å². The van der Waals surface area contributed by atoms with Gasteiger partial charge in [0.1, 0.15) is 0 Å². The zero-order valence-electron chi connectivity index (χ0n) is 18.6. The van der Waals surface area contributed by atoms with Crippen molar-refractivity contribution in [2.75, 3.05) is 19.5 Å². The van der Waals surface area contributed by atoms with E-state index >= 15 is 0 Å². The smallest absolute Gasteiger partial charge is 0.255 e. The molecule has 172 valence electrons. The SMILES string of the molecule is COc1ccc(C(=O)Nc2ccc(S(=O)(=O)N[C@H](C)[C@@H]3C[C@@H]4CC[C@@H]3C4)cc2)cc1OC. The van der Waals surface area contributed by atoms with Crippen LogP contribution >= 0.6 is 0 Å². The van der Waals surface area contributed by atoms with Gasteiger partial charge in [-0.1, -0.05) is 6.42 Å². The van der Waals surface area contributed by atoms with Crippen molar-refractivity contribution in [3.05, 3.63) is 48.0 Å². The van der Waals surface area contributed by atoms with Crippen molar-refractivity contribution in [1.29, 1.82) is 0 Å². The van der Waals surface area contributed by atoms with E-state index in [1.54, 1.807) is 30.3 Å². The van der Waals surface area contributed by atoms with Crippen LogP contribution in [-0.2, 0) is 10.0 Å². The molecule has 4 atom stereocenters. The Morgan fingerprint density at radius 2 is 1.72 bits per heavy atom. The quantitative estimate of drug-likeness (QED) is 0.622. The third-order valence-corrected chi connectivity index (χ3v) is 8.42. The highest BCUT2D eigenvalue weighted by Gasteiger charge is 2.42. The predicted octanol–water partition coefficient (Wildman–Crippen LogP) is 4.06. The molecule has 2 N–H and O–H groups in total. The van der Waals surface area contributed by atoms with Crippen molar-refractivity contribution >= 4 is 21.6 Å². The van der Waals surface area contributed by atoms with Crippen LogP contribution in [0.15, 0.2) is 47.4 Å². The number of carbonyl (C=O) groups is 1. The molecular formula is C24H30N2O5S. The summed E-state index contributed by atoms with van der Waals surface area (Å²) in [5, 5.41) is 2.78. The molecule has 2 aliphatic carbocycles. The number of amides is 1. The van der Waals surface area contributed by atoms with E-state index in [0.717, 1.165) is 12.3 Å². The van der Waals surface area contributed by atoms with Gasteiger partial charge in [0.15, 0.2) is 11.5 Å². The first-order chi connectivity index (χ1) is 15.3. The molecule has 0 aromatic heterocycles. The lowest BCUT2D eigenvalue weighted by molar-refractivity contribution is 0.102. The Morgan fingerprint density at radius 1 is 1.00 bits per heavy atom. The summed E-state index contributed by atoms with van der Waals surface area (Å²) in [6.07, 6.45) is 4.87. The molecule has 2 aliphatic rings. The van der Waals surface area contributed by atoms with Crippen molar-refractivity contribution in [2.45, 2.75) is 43.5 Å². The van der Waals surface area contributed by atoms with Crippen LogP contribution in [0.3, 0.4) is 0 Å². The van der Waals surface area contributed by atoms with Crippen LogP contribution in [0.5, 0.6) is 11.5 Å². The maximum Gasteiger partial charge on any atom is 0.255 e. The number of carbonyl (C=O) groups excluding carboxylic acids is 1. The molecule has 4 rings (SSSR count). The highest BCUT2D eigenvalue weighted by atomic mass is 32.2. The van der Waals surface area contributed by atoms with Crippen molar-refractivity contribution in [2.24, 2.45) is 17.8 Å². The lowest BCUT2D eigenvalue weighted by Gasteiger charge is -2.28. The van der Waals surface area contributed by atoms with E-state index in [9.17, 15) is 13.2 Å². The molecule has 2 aromatic rings. The van der Waals surface area contributed by atoms with Gasteiger partial charge in [0.05, 0.1) is 19.1 Å². The lowest BCUT2D eigenvalue weighted by atomic mass is 9.84. The Bertz CT molecular complexity index is 1080. The first kappa shape index (κ1) is 22.6. The molecule has 1 amide bonds. The van der Waals surface area contributed by atoms with Crippen molar-refractivity contribution < 1.29 is 22.7 Å². The Hall–Kier alpha value is -2.58. The fraction of sp³-hybridized carbons (Fsp3) is 0.458. The second kappa shape index (κ2) is 9.11. The van der Waals surface area contributed by atoms with Gasteiger partial charge in [-0.3, -0.25) is 4.79 Å². The Labute approximate surface area is 189 Å². The molecule has 2 fully saturated rings. The van der Waals surface area contributed by atoms with Gasteiger partial charge in [0.2, 0.25) is 10.0 Å². The van der Waals surface area contributed by atoms with Gasteiger partial charge in [0, 0.05) is 17.3 Å². The second-order valence-electron chi connectivity index (χ2n) is 8.80. The summed E-state index contributed by atoms with van der Waals surface area (Å²) in [6.45, 7) is 1.97. The minimum atomic E-state index is -3.62. The topological polar surface area (TPSA) is 93.7 Å². The molecule has 2 aromatic carbocycles. The minimum absolute atomic E-state index is 0.0836. The zero-order chi connectivity index (χ0) is 22.9. The molecule has 0 saturated heterocycles. The average Bonchev–Trinajstić information content (AvgIpc) is 3.42. The fourth-order valence-electron chi connectivity index (χ4n) is 5.20. The number of fused-ring (bicyclic) bond motifs is 2. The summed E-state index contributed by atoms with van der Waals surface area (Å²) >= 11 is 0. The van der Waals surface area contributed by atoms with Crippen molar-refractivity contribution in [1.82, 2.24) is 4.72 Å². The van der Waals surface area contributed by atoms with Gasteiger partial charge in [-0.25, -0.2) is 13.1 Å². The number of anilines is 1. The molecular weight excluding hydrogens is 428 g/mol. The summed E-state index contributed by atoms with van der Waals surface area (Å²) < 4.78 is 39.0. The van der Waals surface area contributed by atoms with Crippen LogP contribution < -0.4 is 19.5 Å². The molecule has 2 bridgehead atoms. The molecule has 0 heterocycles. The highest BCUT2D eigenvalue weighted by molar-refractivity contribution is 7.89. The summed E-state index contributed by atoms with van der Waals surface area (Å²) in [4.78, 5) is 12.8. The number of nitrogens with one attached hydrogen (secondary N) is 2. The van der Waals surface area contributed by atoms with Gasteiger partial charge in [-0.15, -0.1) is 0 Å². The summed E-state index contributed by atoms with van der Waals surface area (Å²) in [5.41, 5.74) is 0.908. The van der Waals surface area contributed by atoms with E-state index in [0.29, 0.717) is 34.6 Å². The zero-order valence-corrected chi connectivity index (χ0v) is 19.4. The van der Waals surface area contributed by atoms with E-state index < -0.39 is 10.0 Å². The van der Waals surface area contributed by atoms with Gasteiger partial charge >= 0.3 is 0 Å². The highest BCUT2D eigenvalue weighted by Crippen LogP contribution is 2.49. The monoisotopic (exact) mass is 458 g/mol. The first-order valence-electron chi connectivity index (χ1n) is 11.0. The molecule has 0 radical (unpaired) electrons. The van der Waals surface area contributed by atoms with Crippen LogP contribution in [0, 0.1) is 17.8 Å². The average molecular weight is 459 g/mol. The lowest BCUT2D eigenvalue weighted by Crippen LogP contribution is -2.40. The number of sulfonamides is 1. The standard InChI is InChI=1S/C24H30N2O5S/c1-15(21-13-16-4-5-17(21)12-16)26-32(28,29)20-9-7-19(8-10-20)25-24(27)18-6-11-22(30-2)23(14-18)31-3/h6-11,14-17,21,26H,4-5,12-13H2,1-3H3,(H,25,27)/t15-,16-,17-,21+/m1/s1. The summed E-state index contributed by atoms with van der Waals surface area (Å²) in [5.74, 6) is 2.49. The summed E-state index contributed by atoms with van der Waals surface area (Å²) in [7, 11) is -0.588. The fourth-order valence-corrected chi connectivity index (χ4v) is 6.50. The summed E-state index contributed by atoms with van der Waals surface area (Å²) in [6, 6.07) is 11.0. The van der Waals surface area contributed by atoms with Gasteiger partial charge in [-0.2, -0.15) is 0 Å². The molecule has 7 nitrogen and oxygen atoms in total.